The van der Waals surface area contributed by atoms with Gasteiger partial charge in [-0.15, -0.1) is 0 Å². The van der Waals surface area contributed by atoms with Gasteiger partial charge in [0.15, 0.2) is 0 Å². The average Bonchev–Trinajstić information content (AvgIpc) is 2.90. The second-order valence-corrected chi connectivity index (χ2v) is 6.48. The van der Waals surface area contributed by atoms with Gasteiger partial charge < -0.3 is 9.47 Å². The van der Waals surface area contributed by atoms with Crippen molar-refractivity contribution in [2.75, 3.05) is 13.7 Å². The molecule has 0 unspecified atom stereocenters. The van der Waals surface area contributed by atoms with Crippen LogP contribution in [-0.2, 0) is 9.53 Å². The normalized spacial score (nSPS) is 14.6. The topological polar surface area (TPSA) is 72.9 Å². The van der Waals surface area contributed by atoms with E-state index in [9.17, 15) is 27.6 Å². The zero-order chi connectivity index (χ0) is 21.3. The summed E-state index contributed by atoms with van der Waals surface area (Å²) in [6.45, 7) is -0.970. The summed E-state index contributed by atoms with van der Waals surface area (Å²) in [7, 11) is 1.15. The Kier molecular flexibility index (Phi) is 5.52. The molecule has 1 atom stereocenters. The zero-order valence-electron chi connectivity index (χ0n) is 14.8. The van der Waals surface area contributed by atoms with Gasteiger partial charge in [0, 0.05) is 10.6 Å². The van der Waals surface area contributed by atoms with Crippen molar-refractivity contribution in [1.29, 1.82) is 0 Å². The highest BCUT2D eigenvalue weighted by Crippen LogP contribution is 2.41. The van der Waals surface area contributed by atoms with Crippen LogP contribution in [0.3, 0.4) is 0 Å². The van der Waals surface area contributed by atoms with Crippen LogP contribution in [-0.4, -0.2) is 42.5 Å². The minimum Gasteiger partial charge on any atom is -0.496 e. The lowest BCUT2D eigenvalue weighted by Gasteiger charge is -2.24. The fourth-order valence-electron chi connectivity index (χ4n) is 2.90. The molecule has 0 radical (unpaired) electrons. The monoisotopic (exact) mass is 427 g/mol. The number of fused-ring (bicyclic) bond motifs is 1. The van der Waals surface area contributed by atoms with Gasteiger partial charge in [0.25, 0.3) is 11.8 Å². The molecular weight excluding hydrogens is 415 g/mol. The van der Waals surface area contributed by atoms with E-state index in [-0.39, 0.29) is 21.9 Å². The molecule has 2 amide bonds. The predicted octanol–water partition coefficient (Wildman–Crippen LogP) is 3.79. The van der Waals surface area contributed by atoms with Crippen LogP contribution in [0.25, 0.3) is 0 Å². The summed E-state index contributed by atoms with van der Waals surface area (Å²) in [6, 6.07) is 9.31. The van der Waals surface area contributed by atoms with E-state index < -0.39 is 42.2 Å². The summed E-state index contributed by atoms with van der Waals surface area (Å²) >= 11 is 5.77. The van der Waals surface area contributed by atoms with Crippen LogP contribution >= 0.6 is 11.6 Å². The number of hydrogen-bond acceptors (Lipinski definition) is 5. The summed E-state index contributed by atoms with van der Waals surface area (Å²) in [5.74, 6) is -3.17. The summed E-state index contributed by atoms with van der Waals surface area (Å²) in [5, 5.41) is -0.0218. The number of rotatable bonds is 5. The highest BCUT2D eigenvalue weighted by atomic mass is 35.5. The van der Waals surface area contributed by atoms with Gasteiger partial charge in [0.05, 0.1) is 18.2 Å². The van der Waals surface area contributed by atoms with Crippen molar-refractivity contribution in [1.82, 2.24) is 4.90 Å². The van der Waals surface area contributed by atoms with E-state index in [2.05, 4.69) is 4.74 Å². The van der Waals surface area contributed by atoms with Crippen LogP contribution < -0.4 is 4.74 Å². The number of carbonyl (C=O) groups excluding carboxylic acids is 3. The number of benzene rings is 2. The molecule has 0 aliphatic carbocycles. The molecule has 6 nitrogen and oxygen atoms in total. The van der Waals surface area contributed by atoms with Gasteiger partial charge in [-0.1, -0.05) is 23.7 Å². The molecule has 0 saturated carbocycles. The molecule has 0 fully saturated rings. The molecular formula is C19H13ClF3NO5. The summed E-state index contributed by atoms with van der Waals surface area (Å²) in [6.07, 6.45) is -7.69. The highest BCUT2D eigenvalue weighted by molar-refractivity contribution is 6.30. The van der Waals surface area contributed by atoms with Crippen molar-refractivity contribution in [3.8, 4) is 5.75 Å². The molecule has 2 aromatic carbocycles. The lowest BCUT2D eigenvalue weighted by Crippen LogP contribution is -2.37. The summed E-state index contributed by atoms with van der Waals surface area (Å²) in [5.41, 5.74) is -0.383. The molecule has 29 heavy (non-hydrogen) atoms. The van der Waals surface area contributed by atoms with Crippen LogP contribution in [0.15, 0.2) is 42.5 Å². The first-order valence-corrected chi connectivity index (χ1v) is 8.56. The van der Waals surface area contributed by atoms with E-state index in [4.69, 9.17) is 16.3 Å². The molecule has 1 aliphatic heterocycles. The number of carbonyl (C=O) groups is 3. The molecule has 1 heterocycles. The third-order valence-corrected chi connectivity index (χ3v) is 4.42. The molecule has 0 spiro atoms. The molecule has 0 bridgehead atoms. The SMILES string of the molecule is COc1ccc(Cl)cc1[C@@H](OC(=O)CN1C(=O)c2ccccc2C1=O)C(F)(F)F. The van der Waals surface area contributed by atoms with E-state index >= 15 is 0 Å². The Morgan fingerprint density at radius 2 is 1.69 bits per heavy atom. The number of imide groups is 1. The predicted molar refractivity (Wildman–Crippen MR) is 94.7 cm³/mol. The first kappa shape index (κ1) is 20.7. The second kappa shape index (κ2) is 7.75. The lowest BCUT2D eigenvalue weighted by molar-refractivity contribution is -0.224. The van der Waals surface area contributed by atoms with E-state index in [0.29, 0.717) is 4.90 Å². The number of amides is 2. The lowest BCUT2D eigenvalue weighted by atomic mass is 10.1. The fraction of sp³-hybridized carbons (Fsp3) is 0.211. The van der Waals surface area contributed by atoms with Crippen LogP contribution in [0.4, 0.5) is 13.2 Å². The minimum absolute atomic E-state index is 0.0218. The fourth-order valence-corrected chi connectivity index (χ4v) is 3.08. The van der Waals surface area contributed by atoms with Gasteiger partial charge in [-0.3, -0.25) is 19.3 Å². The minimum atomic E-state index is -4.99. The van der Waals surface area contributed by atoms with Crippen molar-refractivity contribution >= 4 is 29.4 Å². The number of halogens is 4. The Balaban J connectivity index is 1.84. The van der Waals surface area contributed by atoms with Gasteiger partial charge in [0.1, 0.15) is 12.3 Å². The maximum Gasteiger partial charge on any atom is 0.429 e. The Hall–Kier alpha value is -3.07. The first-order valence-electron chi connectivity index (χ1n) is 8.18. The molecule has 0 N–H and O–H groups in total. The largest absolute Gasteiger partial charge is 0.496 e. The van der Waals surface area contributed by atoms with E-state index in [1.807, 2.05) is 0 Å². The van der Waals surface area contributed by atoms with E-state index in [1.54, 1.807) is 0 Å². The van der Waals surface area contributed by atoms with Crippen LogP contribution in [0, 0.1) is 0 Å². The molecule has 2 aromatic rings. The van der Waals surface area contributed by atoms with Crippen molar-refractivity contribution in [2.45, 2.75) is 12.3 Å². The Bertz CT molecular complexity index is 957. The van der Waals surface area contributed by atoms with Gasteiger partial charge in [-0.2, -0.15) is 13.2 Å². The summed E-state index contributed by atoms with van der Waals surface area (Å²) in [4.78, 5) is 37.3. The number of methoxy groups -OCH3 is 1. The molecule has 3 rings (SSSR count). The van der Waals surface area contributed by atoms with E-state index in [0.717, 1.165) is 13.2 Å². The van der Waals surface area contributed by atoms with Crippen molar-refractivity contribution < 1.29 is 37.0 Å². The second-order valence-electron chi connectivity index (χ2n) is 6.04. The Labute approximate surface area is 167 Å². The quantitative estimate of drug-likeness (QED) is 0.536. The van der Waals surface area contributed by atoms with Crippen LogP contribution in [0.2, 0.25) is 5.02 Å². The van der Waals surface area contributed by atoms with E-state index in [1.165, 1.54) is 36.4 Å². The van der Waals surface area contributed by atoms with Crippen LogP contribution in [0.5, 0.6) is 5.75 Å². The smallest absolute Gasteiger partial charge is 0.429 e. The third kappa shape index (κ3) is 4.04. The van der Waals surface area contributed by atoms with Gasteiger partial charge in [0.2, 0.25) is 6.10 Å². The number of alkyl halides is 3. The van der Waals surface area contributed by atoms with Crippen molar-refractivity contribution in [2.24, 2.45) is 0 Å². The standard InChI is InChI=1S/C19H13ClF3NO5/c1-28-14-7-6-10(20)8-13(14)16(19(21,22)23)29-15(25)9-24-17(26)11-4-2-3-5-12(11)18(24)27/h2-8,16H,9H2,1H3/t16-/m1/s1. The molecule has 1 aliphatic rings. The molecule has 0 aromatic heterocycles. The van der Waals surface area contributed by atoms with Gasteiger partial charge >= 0.3 is 12.1 Å². The summed E-state index contributed by atoms with van der Waals surface area (Å²) < 4.78 is 50.2. The first-order chi connectivity index (χ1) is 13.6. The number of hydrogen-bond donors (Lipinski definition) is 0. The average molecular weight is 428 g/mol. The number of esters is 1. The van der Waals surface area contributed by atoms with Gasteiger partial charge in [-0.05, 0) is 30.3 Å². The number of nitrogens with zero attached hydrogens (tertiary/aromatic N) is 1. The maximum absolute atomic E-state index is 13.6. The maximum atomic E-state index is 13.6. The van der Waals surface area contributed by atoms with Crippen molar-refractivity contribution in [3.05, 3.63) is 64.2 Å². The van der Waals surface area contributed by atoms with Crippen molar-refractivity contribution in [3.63, 3.8) is 0 Å². The van der Waals surface area contributed by atoms with Gasteiger partial charge in [-0.25, -0.2) is 0 Å². The molecule has 0 saturated heterocycles. The highest BCUT2D eigenvalue weighted by Gasteiger charge is 2.46. The number of ether oxygens (including phenoxy) is 2. The Morgan fingerprint density at radius 1 is 1.10 bits per heavy atom. The third-order valence-electron chi connectivity index (χ3n) is 4.19. The molecule has 152 valence electrons. The Morgan fingerprint density at radius 3 is 2.21 bits per heavy atom. The molecule has 10 heteroatoms. The zero-order valence-corrected chi connectivity index (χ0v) is 15.6. The van der Waals surface area contributed by atoms with Crippen LogP contribution in [0.1, 0.15) is 32.4 Å².